The Labute approximate surface area is 153 Å². The van der Waals surface area contributed by atoms with E-state index >= 15 is 0 Å². The molecule has 1 saturated heterocycles. The number of rotatable bonds is 4. The van der Waals surface area contributed by atoms with E-state index in [-0.39, 0.29) is 5.25 Å². The average molecular weight is 368 g/mol. The van der Waals surface area contributed by atoms with E-state index in [4.69, 9.17) is 5.26 Å². The van der Waals surface area contributed by atoms with Crippen LogP contribution in [0.15, 0.2) is 36.7 Å². The standard InChI is InChI=1S/C17H16N6O2S/c18-7-10-2-1-3-11(6-10)8-20-15-17-22-21-16(23(17)5-4-19-15)14-13(25)12(24)9-26-14/h1-6,12-14,24-25H,8-9H2,(H,19,20)/t12-,13-,14-/m1/s1. The lowest BCUT2D eigenvalue weighted by Crippen LogP contribution is -2.25. The quantitative estimate of drug-likeness (QED) is 0.627. The van der Waals surface area contributed by atoms with Crippen molar-refractivity contribution in [3.8, 4) is 6.07 Å². The predicted octanol–water partition coefficient (Wildman–Crippen LogP) is 1.12. The topological polar surface area (TPSA) is 119 Å². The van der Waals surface area contributed by atoms with Crippen molar-refractivity contribution >= 4 is 23.2 Å². The number of aliphatic hydroxyl groups is 2. The zero-order chi connectivity index (χ0) is 18.1. The van der Waals surface area contributed by atoms with Crippen LogP contribution in [0.1, 0.15) is 22.2 Å². The third-order valence-electron chi connectivity index (χ3n) is 4.27. The molecule has 3 heterocycles. The Balaban J connectivity index is 1.60. The molecule has 0 bridgehead atoms. The van der Waals surface area contributed by atoms with Crippen molar-refractivity contribution in [2.75, 3.05) is 11.1 Å². The van der Waals surface area contributed by atoms with Gasteiger partial charge in [0.05, 0.1) is 29.1 Å². The number of aromatic nitrogens is 4. The number of benzene rings is 1. The maximum atomic E-state index is 10.1. The van der Waals surface area contributed by atoms with Gasteiger partial charge >= 0.3 is 0 Å². The number of nitriles is 1. The molecule has 132 valence electrons. The van der Waals surface area contributed by atoms with E-state index in [0.717, 1.165) is 5.56 Å². The van der Waals surface area contributed by atoms with Crippen LogP contribution in [0.5, 0.6) is 0 Å². The maximum Gasteiger partial charge on any atom is 0.203 e. The first-order chi connectivity index (χ1) is 12.7. The van der Waals surface area contributed by atoms with Gasteiger partial charge in [0.2, 0.25) is 5.65 Å². The molecule has 0 radical (unpaired) electrons. The number of hydrogen-bond acceptors (Lipinski definition) is 8. The second-order valence-electron chi connectivity index (χ2n) is 6.01. The van der Waals surface area contributed by atoms with Gasteiger partial charge in [0.15, 0.2) is 11.6 Å². The molecule has 3 N–H and O–H groups in total. The first-order valence-corrected chi connectivity index (χ1v) is 9.12. The van der Waals surface area contributed by atoms with Crippen molar-refractivity contribution in [1.82, 2.24) is 19.6 Å². The monoisotopic (exact) mass is 368 g/mol. The van der Waals surface area contributed by atoms with Crippen LogP contribution in [0.4, 0.5) is 5.82 Å². The molecule has 3 aromatic rings. The summed E-state index contributed by atoms with van der Waals surface area (Å²) >= 11 is 1.46. The van der Waals surface area contributed by atoms with Gasteiger partial charge in [0.25, 0.3) is 0 Å². The normalized spacial score (nSPS) is 22.4. The van der Waals surface area contributed by atoms with E-state index in [1.54, 1.807) is 22.9 Å². The zero-order valence-electron chi connectivity index (χ0n) is 13.6. The van der Waals surface area contributed by atoms with Gasteiger partial charge in [-0.25, -0.2) is 4.98 Å². The van der Waals surface area contributed by atoms with E-state index in [1.807, 2.05) is 18.2 Å². The minimum Gasteiger partial charge on any atom is -0.390 e. The van der Waals surface area contributed by atoms with Gasteiger partial charge in [-0.3, -0.25) is 4.40 Å². The summed E-state index contributed by atoms with van der Waals surface area (Å²) in [5.74, 6) is 1.62. The van der Waals surface area contributed by atoms with Crippen molar-refractivity contribution in [1.29, 1.82) is 5.26 Å². The van der Waals surface area contributed by atoms with Crippen molar-refractivity contribution < 1.29 is 10.2 Å². The molecule has 3 atom stereocenters. The molecule has 26 heavy (non-hydrogen) atoms. The summed E-state index contributed by atoms with van der Waals surface area (Å²) in [4.78, 5) is 4.32. The van der Waals surface area contributed by atoms with Gasteiger partial charge in [-0.15, -0.1) is 22.0 Å². The number of fused-ring (bicyclic) bond motifs is 1. The molecule has 4 rings (SSSR count). The van der Waals surface area contributed by atoms with Crippen LogP contribution < -0.4 is 5.32 Å². The second kappa shape index (κ2) is 6.92. The van der Waals surface area contributed by atoms with Gasteiger partial charge in [-0.05, 0) is 17.7 Å². The van der Waals surface area contributed by atoms with Gasteiger partial charge < -0.3 is 15.5 Å². The molecule has 0 spiro atoms. The summed E-state index contributed by atoms with van der Waals surface area (Å²) in [7, 11) is 0. The molecular weight excluding hydrogens is 352 g/mol. The highest BCUT2D eigenvalue weighted by atomic mass is 32.2. The van der Waals surface area contributed by atoms with E-state index in [9.17, 15) is 10.2 Å². The lowest BCUT2D eigenvalue weighted by molar-refractivity contribution is 0.0404. The summed E-state index contributed by atoms with van der Waals surface area (Å²) in [6.07, 6.45) is 1.75. The molecule has 0 saturated carbocycles. The number of thioether (sulfide) groups is 1. The highest BCUT2D eigenvalue weighted by molar-refractivity contribution is 7.99. The van der Waals surface area contributed by atoms with E-state index in [1.165, 1.54) is 11.8 Å². The van der Waals surface area contributed by atoms with E-state index in [0.29, 0.717) is 35.2 Å². The van der Waals surface area contributed by atoms with Gasteiger partial charge in [0.1, 0.15) is 0 Å². The molecule has 2 aromatic heterocycles. The first-order valence-electron chi connectivity index (χ1n) is 8.07. The molecule has 0 aliphatic carbocycles. The highest BCUT2D eigenvalue weighted by Gasteiger charge is 2.38. The molecule has 0 unspecified atom stereocenters. The van der Waals surface area contributed by atoms with Crippen LogP contribution >= 0.6 is 11.8 Å². The Hall–Kier alpha value is -2.67. The lowest BCUT2D eigenvalue weighted by Gasteiger charge is -2.13. The highest BCUT2D eigenvalue weighted by Crippen LogP contribution is 2.39. The minimum atomic E-state index is -0.870. The minimum absolute atomic E-state index is 0.331. The zero-order valence-corrected chi connectivity index (χ0v) is 14.5. The van der Waals surface area contributed by atoms with Crippen molar-refractivity contribution in [2.24, 2.45) is 0 Å². The number of hydrogen-bond donors (Lipinski definition) is 3. The van der Waals surface area contributed by atoms with Crippen molar-refractivity contribution in [2.45, 2.75) is 24.0 Å². The summed E-state index contributed by atoms with van der Waals surface area (Å²) in [6.45, 7) is 0.490. The van der Waals surface area contributed by atoms with Crippen LogP contribution in [0.2, 0.25) is 0 Å². The van der Waals surface area contributed by atoms with Crippen LogP contribution in [-0.2, 0) is 6.54 Å². The second-order valence-corrected chi connectivity index (χ2v) is 7.18. The molecule has 0 amide bonds. The molecule has 1 aromatic carbocycles. The number of aliphatic hydroxyl groups excluding tert-OH is 2. The smallest absolute Gasteiger partial charge is 0.203 e. The fourth-order valence-electron chi connectivity index (χ4n) is 2.93. The molecular formula is C17H16N6O2S. The van der Waals surface area contributed by atoms with E-state index in [2.05, 4.69) is 26.6 Å². The fraction of sp³-hybridized carbons (Fsp3) is 0.294. The lowest BCUT2D eigenvalue weighted by atomic mass is 10.1. The summed E-state index contributed by atoms with van der Waals surface area (Å²) in [5, 5.41) is 40.2. The number of nitrogens with one attached hydrogen (secondary N) is 1. The fourth-order valence-corrected chi connectivity index (χ4v) is 4.22. The van der Waals surface area contributed by atoms with Crippen molar-refractivity contribution in [3.63, 3.8) is 0 Å². The molecule has 1 aliphatic heterocycles. The maximum absolute atomic E-state index is 10.1. The van der Waals surface area contributed by atoms with Crippen LogP contribution in [0, 0.1) is 11.3 Å². The Morgan fingerprint density at radius 1 is 1.35 bits per heavy atom. The average Bonchev–Trinajstić information content (AvgIpc) is 3.24. The molecule has 9 heteroatoms. The van der Waals surface area contributed by atoms with Crippen LogP contribution in [0.3, 0.4) is 0 Å². The molecule has 1 fully saturated rings. The number of anilines is 1. The van der Waals surface area contributed by atoms with Crippen LogP contribution in [-0.4, -0.2) is 47.8 Å². The summed E-state index contributed by atoms with van der Waals surface area (Å²) in [6, 6.07) is 9.45. The molecule has 8 nitrogen and oxygen atoms in total. The summed E-state index contributed by atoms with van der Waals surface area (Å²) in [5.41, 5.74) is 2.11. The van der Waals surface area contributed by atoms with Gasteiger partial charge in [-0.2, -0.15) is 5.26 Å². The third kappa shape index (κ3) is 2.99. The molecule has 1 aliphatic rings. The number of nitrogens with zero attached hydrogens (tertiary/aromatic N) is 5. The Kier molecular flexibility index (Phi) is 4.46. The predicted molar refractivity (Wildman–Crippen MR) is 96.5 cm³/mol. The largest absolute Gasteiger partial charge is 0.390 e. The van der Waals surface area contributed by atoms with Crippen LogP contribution in [0.25, 0.3) is 5.65 Å². The van der Waals surface area contributed by atoms with Gasteiger partial charge in [0, 0.05) is 24.7 Å². The SMILES string of the molecule is N#Cc1cccc(CNc2nccn3c([C@@H]4SC[C@@H](O)[C@H]4O)nnc23)c1. The summed E-state index contributed by atoms with van der Waals surface area (Å²) < 4.78 is 1.78. The Bertz CT molecular complexity index is 985. The Morgan fingerprint density at radius 2 is 2.23 bits per heavy atom. The van der Waals surface area contributed by atoms with E-state index < -0.39 is 12.2 Å². The van der Waals surface area contributed by atoms with Crippen molar-refractivity contribution in [3.05, 3.63) is 53.6 Å². The first kappa shape index (κ1) is 16.8. The third-order valence-corrected chi connectivity index (χ3v) is 5.66. The Morgan fingerprint density at radius 3 is 3.00 bits per heavy atom. The van der Waals surface area contributed by atoms with Gasteiger partial charge in [-0.1, -0.05) is 12.1 Å².